The molecule has 7 rings (SSSR count). The van der Waals surface area contributed by atoms with Gasteiger partial charge in [-0.2, -0.15) is 0 Å². The molecule has 0 unspecified atom stereocenters. The molecule has 4 heterocycles. The highest BCUT2D eigenvalue weighted by atomic mass is 14.8. The van der Waals surface area contributed by atoms with Crippen LogP contribution >= 0.6 is 0 Å². The predicted molar refractivity (Wildman–Crippen MR) is 167 cm³/mol. The number of hydrogen-bond acceptors (Lipinski definition) is 4. The summed E-state index contributed by atoms with van der Waals surface area (Å²) in [7, 11) is 0. The lowest BCUT2D eigenvalue weighted by Crippen LogP contribution is -1.95. The summed E-state index contributed by atoms with van der Waals surface area (Å²) < 4.78 is 0. The molecule has 0 aliphatic carbocycles. The predicted octanol–water partition coefficient (Wildman–Crippen LogP) is 9.06. The second-order valence-corrected chi connectivity index (χ2v) is 11.1. The van der Waals surface area contributed by atoms with Crippen LogP contribution in [0.15, 0.2) is 72.8 Å². The summed E-state index contributed by atoms with van der Waals surface area (Å²) in [4.78, 5) is 20.0. The second-order valence-electron chi connectivity index (χ2n) is 11.1. The minimum Gasteiger partial charge on any atom is -0.251 e. The average molecular weight is 519 g/mol. The third-order valence-electron chi connectivity index (χ3n) is 8.08. The van der Waals surface area contributed by atoms with Crippen molar-refractivity contribution in [1.29, 1.82) is 0 Å². The van der Waals surface area contributed by atoms with E-state index in [0.717, 1.165) is 77.5 Å². The molecule has 0 saturated heterocycles. The molecule has 7 aromatic rings. The number of aromatic nitrogens is 4. The fourth-order valence-corrected chi connectivity index (χ4v) is 6.06. The van der Waals surface area contributed by atoms with E-state index < -0.39 is 0 Å². The Morgan fingerprint density at radius 3 is 1.00 bits per heavy atom. The Kier molecular flexibility index (Phi) is 5.43. The van der Waals surface area contributed by atoms with E-state index in [4.69, 9.17) is 19.9 Å². The van der Waals surface area contributed by atoms with Gasteiger partial charge >= 0.3 is 0 Å². The minimum absolute atomic E-state index is 0.953. The van der Waals surface area contributed by atoms with E-state index in [1.807, 2.05) is 13.8 Å². The van der Waals surface area contributed by atoms with Crippen LogP contribution in [0, 0.1) is 41.5 Å². The first-order chi connectivity index (χ1) is 19.3. The van der Waals surface area contributed by atoms with Gasteiger partial charge in [-0.05, 0) is 88.1 Å². The zero-order valence-corrected chi connectivity index (χ0v) is 23.7. The van der Waals surface area contributed by atoms with Crippen molar-refractivity contribution in [2.75, 3.05) is 0 Å². The molecule has 4 nitrogen and oxygen atoms in total. The van der Waals surface area contributed by atoms with Gasteiger partial charge in [-0.1, -0.05) is 48.5 Å². The summed E-state index contributed by atoms with van der Waals surface area (Å²) in [5.74, 6) is 0. The van der Waals surface area contributed by atoms with Crippen molar-refractivity contribution in [3.8, 4) is 22.5 Å². The molecule has 0 N–H and O–H groups in total. The fourth-order valence-electron chi connectivity index (χ4n) is 6.06. The highest BCUT2D eigenvalue weighted by Crippen LogP contribution is 2.33. The Morgan fingerprint density at radius 1 is 0.350 bits per heavy atom. The molecular formula is C36H30N4. The number of benzene rings is 3. The standard InChI is InChI=1S/C36H30N4/c1-19-15-23(5)37-33-27(19)11-13-29-21(3)17-31(39-35(29)33)25-7-9-26(10-8-25)32-18-22(4)30-14-12-28-20(2)16-24(6)38-34(28)36(30)40-32/h7-18H,1-6H3. The molecule has 0 aliphatic rings. The van der Waals surface area contributed by atoms with Crippen molar-refractivity contribution >= 4 is 43.6 Å². The molecular weight excluding hydrogens is 488 g/mol. The SMILES string of the molecule is Cc1cc(C)c2ccc3c(C)cc(-c4ccc(-c5cc(C)c6ccc7c(C)cc(C)nc7c6n5)cc4)nc3c2n1. The molecule has 0 spiro atoms. The van der Waals surface area contributed by atoms with Crippen LogP contribution in [-0.4, -0.2) is 19.9 Å². The quantitative estimate of drug-likeness (QED) is 0.214. The Bertz CT molecular complexity index is 2000. The zero-order valence-electron chi connectivity index (χ0n) is 23.7. The van der Waals surface area contributed by atoms with Crippen LogP contribution in [0.4, 0.5) is 0 Å². The minimum atomic E-state index is 0.953. The van der Waals surface area contributed by atoms with E-state index in [2.05, 4.69) is 100 Å². The summed E-state index contributed by atoms with van der Waals surface area (Å²) in [6.07, 6.45) is 0. The molecule has 40 heavy (non-hydrogen) atoms. The van der Waals surface area contributed by atoms with Gasteiger partial charge < -0.3 is 0 Å². The van der Waals surface area contributed by atoms with Gasteiger partial charge in [0.05, 0.1) is 33.5 Å². The maximum atomic E-state index is 5.14. The molecule has 0 atom stereocenters. The van der Waals surface area contributed by atoms with Crippen molar-refractivity contribution in [2.45, 2.75) is 41.5 Å². The molecule has 4 heteroatoms. The second kappa shape index (κ2) is 8.92. The van der Waals surface area contributed by atoms with Crippen LogP contribution in [-0.2, 0) is 0 Å². The van der Waals surface area contributed by atoms with Crippen LogP contribution < -0.4 is 0 Å². The monoisotopic (exact) mass is 518 g/mol. The Labute approximate surface area is 233 Å². The van der Waals surface area contributed by atoms with Gasteiger partial charge in [-0.25, -0.2) is 9.97 Å². The number of aryl methyl sites for hydroxylation is 6. The number of rotatable bonds is 2. The lowest BCUT2D eigenvalue weighted by atomic mass is 9.99. The molecule has 3 aromatic carbocycles. The van der Waals surface area contributed by atoms with Gasteiger partial charge in [0.25, 0.3) is 0 Å². The first-order valence-corrected chi connectivity index (χ1v) is 13.7. The molecule has 0 saturated carbocycles. The Balaban J connectivity index is 1.36. The maximum absolute atomic E-state index is 5.14. The van der Waals surface area contributed by atoms with Crippen molar-refractivity contribution in [3.63, 3.8) is 0 Å². The highest BCUT2D eigenvalue weighted by Gasteiger charge is 2.14. The molecule has 0 aliphatic heterocycles. The smallest absolute Gasteiger partial charge is 0.0974 e. The van der Waals surface area contributed by atoms with E-state index in [1.54, 1.807) is 0 Å². The zero-order chi connectivity index (χ0) is 27.7. The van der Waals surface area contributed by atoms with Gasteiger partial charge in [0.2, 0.25) is 0 Å². The van der Waals surface area contributed by atoms with E-state index in [0.29, 0.717) is 0 Å². The molecule has 0 bridgehead atoms. The Morgan fingerprint density at radius 2 is 0.650 bits per heavy atom. The van der Waals surface area contributed by atoms with Crippen LogP contribution in [0.1, 0.15) is 33.6 Å². The fraction of sp³-hybridized carbons (Fsp3) is 0.167. The first kappa shape index (κ1) is 24.3. The van der Waals surface area contributed by atoms with Crippen LogP contribution in [0.2, 0.25) is 0 Å². The van der Waals surface area contributed by atoms with Crippen molar-refractivity contribution < 1.29 is 0 Å². The largest absolute Gasteiger partial charge is 0.251 e. The number of pyridine rings is 4. The normalized spacial score (nSPS) is 11.8. The third kappa shape index (κ3) is 3.83. The van der Waals surface area contributed by atoms with Crippen molar-refractivity contribution in [2.24, 2.45) is 0 Å². The lowest BCUT2D eigenvalue weighted by Gasteiger charge is -2.12. The highest BCUT2D eigenvalue weighted by molar-refractivity contribution is 6.07. The summed E-state index contributed by atoms with van der Waals surface area (Å²) in [6.45, 7) is 12.7. The van der Waals surface area contributed by atoms with Gasteiger partial charge in [0.1, 0.15) is 0 Å². The molecule has 4 aromatic heterocycles. The molecule has 0 fully saturated rings. The van der Waals surface area contributed by atoms with E-state index in [1.165, 1.54) is 22.3 Å². The Hall–Kier alpha value is -4.70. The van der Waals surface area contributed by atoms with Gasteiger partial charge in [0.15, 0.2) is 0 Å². The van der Waals surface area contributed by atoms with Crippen molar-refractivity contribution in [1.82, 2.24) is 19.9 Å². The van der Waals surface area contributed by atoms with Crippen LogP contribution in [0.5, 0.6) is 0 Å². The summed E-state index contributed by atoms with van der Waals surface area (Å²) >= 11 is 0. The number of nitrogens with zero attached hydrogens (tertiary/aromatic N) is 4. The molecule has 0 radical (unpaired) electrons. The number of fused-ring (bicyclic) bond motifs is 6. The lowest BCUT2D eigenvalue weighted by molar-refractivity contribution is 1.23. The van der Waals surface area contributed by atoms with E-state index in [9.17, 15) is 0 Å². The summed E-state index contributed by atoms with van der Waals surface area (Å²) in [6, 6.07) is 25.9. The van der Waals surface area contributed by atoms with Crippen LogP contribution in [0.25, 0.3) is 66.1 Å². The molecule has 194 valence electrons. The van der Waals surface area contributed by atoms with Gasteiger partial charge in [-0.3, -0.25) is 9.97 Å². The van der Waals surface area contributed by atoms with Gasteiger partial charge in [-0.15, -0.1) is 0 Å². The third-order valence-corrected chi connectivity index (χ3v) is 8.08. The number of hydrogen-bond donors (Lipinski definition) is 0. The maximum Gasteiger partial charge on any atom is 0.0974 e. The summed E-state index contributed by atoms with van der Waals surface area (Å²) in [5.41, 5.74) is 14.8. The van der Waals surface area contributed by atoms with E-state index in [-0.39, 0.29) is 0 Å². The first-order valence-electron chi connectivity index (χ1n) is 13.7. The van der Waals surface area contributed by atoms with E-state index >= 15 is 0 Å². The van der Waals surface area contributed by atoms with Crippen molar-refractivity contribution in [3.05, 3.63) is 106 Å². The average Bonchev–Trinajstić information content (AvgIpc) is 2.93. The summed E-state index contributed by atoms with van der Waals surface area (Å²) in [5, 5.41) is 4.60. The molecule has 0 amide bonds. The van der Waals surface area contributed by atoms with Gasteiger partial charge in [0, 0.05) is 44.1 Å². The van der Waals surface area contributed by atoms with Crippen LogP contribution in [0.3, 0.4) is 0 Å². The topological polar surface area (TPSA) is 51.6 Å².